The summed E-state index contributed by atoms with van der Waals surface area (Å²) >= 11 is 1.62. The minimum Gasteiger partial charge on any atom is -0.507 e. The summed E-state index contributed by atoms with van der Waals surface area (Å²) in [5.74, 6) is 1.72. The van der Waals surface area contributed by atoms with Gasteiger partial charge in [-0.25, -0.2) is 9.97 Å². The third-order valence-electron chi connectivity index (χ3n) is 5.30. The number of ether oxygens (including phenoxy) is 1. The van der Waals surface area contributed by atoms with Gasteiger partial charge in [0.25, 0.3) is 6.01 Å². The van der Waals surface area contributed by atoms with Crippen molar-refractivity contribution < 1.29 is 9.84 Å². The Morgan fingerprint density at radius 1 is 1.23 bits per heavy atom. The first-order valence-electron chi connectivity index (χ1n) is 9.92. The molecule has 7 nitrogen and oxygen atoms in total. The van der Waals surface area contributed by atoms with Gasteiger partial charge in [0.2, 0.25) is 0 Å². The first-order chi connectivity index (χ1) is 14.4. The second-order valence-corrected chi connectivity index (χ2v) is 9.08. The molecule has 154 valence electrons. The molecule has 0 unspecified atom stereocenters. The molecule has 3 aromatic heterocycles. The van der Waals surface area contributed by atoms with Crippen molar-refractivity contribution in [1.29, 1.82) is 0 Å². The van der Waals surface area contributed by atoms with E-state index in [0.29, 0.717) is 30.7 Å². The number of rotatable bonds is 5. The highest BCUT2D eigenvalue weighted by molar-refractivity contribution is 7.13. The minimum absolute atomic E-state index is 0.188. The Labute approximate surface area is 178 Å². The maximum absolute atomic E-state index is 10.2. The molecule has 0 atom stereocenters. The van der Waals surface area contributed by atoms with Gasteiger partial charge in [-0.2, -0.15) is 4.98 Å². The van der Waals surface area contributed by atoms with Gasteiger partial charge < -0.3 is 15.2 Å². The zero-order valence-electron chi connectivity index (χ0n) is 17.1. The minimum atomic E-state index is -0.188. The van der Waals surface area contributed by atoms with Gasteiger partial charge >= 0.3 is 0 Å². The van der Waals surface area contributed by atoms with Gasteiger partial charge in [0.15, 0.2) is 17.0 Å². The van der Waals surface area contributed by atoms with Gasteiger partial charge in [0.05, 0.1) is 5.54 Å². The van der Waals surface area contributed by atoms with Gasteiger partial charge in [0, 0.05) is 17.0 Å². The SMILES string of the molecule is Cc1nc(NCCc2ccc(O)c(-c3cccs3)c2)c2nc3n(c2n1)C(C)(C)CO3. The number of thiophene rings is 1. The van der Waals surface area contributed by atoms with Crippen LogP contribution in [0.15, 0.2) is 35.7 Å². The van der Waals surface area contributed by atoms with Crippen LogP contribution >= 0.6 is 11.3 Å². The van der Waals surface area contributed by atoms with E-state index in [1.165, 1.54) is 0 Å². The standard InChI is InChI=1S/C22H23N5O2S/c1-13-24-19(18-20(25-13)27-21(26-18)29-12-22(27,2)3)23-9-8-14-6-7-16(28)15(11-14)17-5-4-10-30-17/h4-7,10-11,28H,8-9,12H2,1-3H3,(H,23,24,25). The molecule has 1 aliphatic rings. The summed E-state index contributed by atoms with van der Waals surface area (Å²) in [7, 11) is 0. The summed E-state index contributed by atoms with van der Waals surface area (Å²) in [5, 5.41) is 15.6. The fourth-order valence-electron chi connectivity index (χ4n) is 3.81. The summed E-state index contributed by atoms with van der Waals surface area (Å²) in [6.07, 6.45) is 0.790. The largest absolute Gasteiger partial charge is 0.507 e. The molecule has 30 heavy (non-hydrogen) atoms. The van der Waals surface area contributed by atoms with Gasteiger partial charge in [0.1, 0.15) is 18.2 Å². The highest BCUT2D eigenvalue weighted by Gasteiger charge is 2.35. The average molecular weight is 422 g/mol. The van der Waals surface area contributed by atoms with Crippen LogP contribution in [0, 0.1) is 6.92 Å². The van der Waals surface area contributed by atoms with Crippen molar-refractivity contribution in [3.05, 3.63) is 47.1 Å². The van der Waals surface area contributed by atoms with Crippen molar-refractivity contribution in [1.82, 2.24) is 19.5 Å². The Balaban J connectivity index is 1.38. The van der Waals surface area contributed by atoms with E-state index in [9.17, 15) is 5.11 Å². The number of benzene rings is 1. The Bertz CT molecular complexity index is 1230. The number of nitrogens with one attached hydrogen (secondary N) is 1. The van der Waals surface area contributed by atoms with Gasteiger partial charge in [-0.05, 0) is 56.3 Å². The Hall–Kier alpha value is -3.13. The van der Waals surface area contributed by atoms with Crippen LogP contribution in [0.2, 0.25) is 0 Å². The number of phenols is 1. The molecule has 0 bridgehead atoms. The van der Waals surface area contributed by atoms with Crippen molar-refractivity contribution in [3.63, 3.8) is 0 Å². The second kappa shape index (κ2) is 6.98. The molecular formula is C22H23N5O2S. The van der Waals surface area contributed by atoms with E-state index >= 15 is 0 Å². The summed E-state index contributed by atoms with van der Waals surface area (Å²) in [6.45, 7) is 7.40. The van der Waals surface area contributed by atoms with Crippen LogP contribution in [0.25, 0.3) is 21.6 Å². The number of imidazole rings is 1. The predicted octanol–water partition coefficient (Wildman–Crippen LogP) is 4.35. The molecule has 0 fully saturated rings. The van der Waals surface area contributed by atoms with Crippen LogP contribution < -0.4 is 10.1 Å². The van der Waals surface area contributed by atoms with E-state index in [4.69, 9.17) is 4.74 Å². The third-order valence-corrected chi connectivity index (χ3v) is 6.20. The number of phenolic OH excluding ortho intramolecular Hbond substituents is 1. The fourth-order valence-corrected chi connectivity index (χ4v) is 4.56. The molecule has 1 aliphatic heterocycles. The van der Waals surface area contributed by atoms with Crippen molar-refractivity contribution >= 4 is 28.3 Å². The molecule has 0 spiro atoms. The summed E-state index contributed by atoms with van der Waals surface area (Å²) in [6, 6.07) is 10.4. The highest BCUT2D eigenvalue weighted by Crippen LogP contribution is 2.36. The predicted molar refractivity (Wildman–Crippen MR) is 118 cm³/mol. The molecule has 0 aliphatic carbocycles. The molecule has 0 saturated heterocycles. The number of hydrogen-bond acceptors (Lipinski definition) is 7. The van der Waals surface area contributed by atoms with E-state index in [2.05, 4.69) is 38.7 Å². The van der Waals surface area contributed by atoms with E-state index in [1.54, 1.807) is 17.4 Å². The number of nitrogens with zero attached hydrogens (tertiary/aromatic N) is 4. The highest BCUT2D eigenvalue weighted by atomic mass is 32.1. The number of fused-ring (bicyclic) bond motifs is 3. The number of hydrogen-bond donors (Lipinski definition) is 2. The van der Waals surface area contributed by atoms with E-state index in [1.807, 2.05) is 36.6 Å². The zero-order chi connectivity index (χ0) is 20.9. The van der Waals surface area contributed by atoms with Crippen molar-refractivity contribution in [2.45, 2.75) is 32.7 Å². The molecular weight excluding hydrogens is 398 g/mol. The Kier molecular flexibility index (Phi) is 4.39. The molecule has 0 amide bonds. The lowest BCUT2D eigenvalue weighted by Crippen LogP contribution is -2.26. The first kappa shape index (κ1) is 18.9. The number of aromatic nitrogens is 4. The van der Waals surface area contributed by atoms with Crippen LogP contribution in [0.4, 0.5) is 5.82 Å². The molecule has 4 heterocycles. The topological polar surface area (TPSA) is 85.1 Å². The summed E-state index contributed by atoms with van der Waals surface area (Å²) in [4.78, 5) is 14.9. The van der Waals surface area contributed by atoms with Crippen molar-refractivity contribution in [3.8, 4) is 22.2 Å². The molecule has 1 aromatic carbocycles. The van der Waals surface area contributed by atoms with E-state index in [-0.39, 0.29) is 5.54 Å². The number of aryl methyl sites for hydroxylation is 1. The van der Waals surface area contributed by atoms with Gasteiger partial charge in [-0.1, -0.05) is 12.1 Å². The monoisotopic (exact) mass is 421 g/mol. The smallest absolute Gasteiger partial charge is 0.299 e. The fraction of sp³-hybridized carbons (Fsp3) is 0.318. The Morgan fingerprint density at radius 3 is 2.90 bits per heavy atom. The maximum atomic E-state index is 10.2. The lowest BCUT2D eigenvalue weighted by atomic mass is 10.1. The van der Waals surface area contributed by atoms with Crippen LogP contribution in [0.5, 0.6) is 11.8 Å². The molecule has 0 radical (unpaired) electrons. The summed E-state index contributed by atoms with van der Waals surface area (Å²) in [5.41, 5.74) is 3.35. The Morgan fingerprint density at radius 2 is 2.10 bits per heavy atom. The lowest BCUT2D eigenvalue weighted by molar-refractivity contribution is 0.268. The molecule has 2 N–H and O–H groups in total. The summed E-state index contributed by atoms with van der Waals surface area (Å²) < 4.78 is 7.81. The molecule has 5 rings (SSSR count). The van der Waals surface area contributed by atoms with Crippen LogP contribution in [0.1, 0.15) is 25.2 Å². The van der Waals surface area contributed by atoms with Gasteiger partial charge in [-0.15, -0.1) is 11.3 Å². The normalized spacial score (nSPS) is 14.6. The van der Waals surface area contributed by atoms with E-state index in [0.717, 1.165) is 39.4 Å². The van der Waals surface area contributed by atoms with Crippen LogP contribution in [-0.2, 0) is 12.0 Å². The van der Waals surface area contributed by atoms with Crippen LogP contribution in [-0.4, -0.2) is 37.8 Å². The second-order valence-electron chi connectivity index (χ2n) is 8.13. The maximum Gasteiger partial charge on any atom is 0.299 e. The first-order valence-corrected chi connectivity index (χ1v) is 10.8. The van der Waals surface area contributed by atoms with E-state index < -0.39 is 0 Å². The molecule has 8 heteroatoms. The number of aromatic hydroxyl groups is 1. The quantitative estimate of drug-likeness (QED) is 0.498. The van der Waals surface area contributed by atoms with Crippen molar-refractivity contribution in [2.75, 3.05) is 18.5 Å². The molecule has 4 aromatic rings. The number of anilines is 1. The molecule has 0 saturated carbocycles. The van der Waals surface area contributed by atoms with Gasteiger partial charge in [-0.3, -0.25) is 4.57 Å². The average Bonchev–Trinajstić information content (AvgIpc) is 3.41. The third kappa shape index (κ3) is 3.17. The zero-order valence-corrected chi connectivity index (χ0v) is 18.0. The van der Waals surface area contributed by atoms with Crippen LogP contribution in [0.3, 0.4) is 0 Å². The lowest BCUT2D eigenvalue weighted by Gasteiger charge is -2.18. The van der Waals surface area contributed by atoms with Crippen molar-refractivity contribution in [2.24, 2.45) is 0 Å².